The van der Waals surface area contributed by atoms with Crippen molar-refractivity contribution in [1.29, 1.82) is 0 Å². The molecule has 0 aliphatic carbocycles. The van der Waals surface area contributed by atoms with Gasteiger partial charge in [-0.2, -0.15) is 0 Å². The molecule has 1 atom stereocenters. The van der Waals surface area contributed by atoms with Crippen LogP contribution in [0.1, 0.15) is 19.5 Å². The molecule has 2 heterocycles. The van der Waals surface area contributed by atoms with Crippen molar-refractivity contribution in [2.45, 2.75) is 30.6 Å². The Bertz CT molecular complexity index is 621. The monoisotopic (exact) mass is 352 g/mol. The first-order valence-electron chi connectivity index (χ1n) is 7.29. The molecule has 2 rings (SSSR count). The van der Waals surface area contributed by atoms with E-state index in [0.29, 0.717) is 5.13 Å². The summed E-state index contributed by atoms with van der Waals surface area (Å²) in [5.74, 6) is 0.841. The van der Waals surface area contributed by atoms with Gasteiger partial charge in [0, 0.05) is 31.1 Å². The zero-order valence-corrected chi connectivity index (χ0v) is 15.0. The fourth-order valence-electron chi connectivity index (χ4n) is 1.88. The second-order valence-electron chi connectivity index (χ2n) is 5.02. The first kappa shape index (κ1) is 17.8. The van der Waals surface area contributed by atoms with Crippen LogP contribution < -0.4 is 5.32 Å². The number of nitrogens with one attached hydrogen (secondary N) is 1. The van der Waals surface area contributed by atoms with Gasteiger partial charge in [0.05, 0.1) is 12.2 Å². The molecule has 124 valence electrons. The molecule has 0 aliphatic rings. The third kappa shape index (κ3) is 5.85. The number of amides is 1. The Balaban J connectivity index is 1.81. The Morgan fingerprint density at radius 2 is 2.26 bits per heavy atom. The van der Waals surface area contributed by atoms with E-state index in [-0.39, 0.29) is 18.5 Å². The smallest absolute Gasteiger partial charge is 0.240 e. The van der Waals surface area contributed by atoms with E-state index >= 15 is 0 Å². The number of hydrogen-bond acceptors (Lipinski definition) is 8. The molecule has 2 aromatic heterocycles. The quantitative estimate of drug-likeness (QED) is 0.574. The Labute approximate surface area is 143 Å². The first-order chi connectivity index (χ1) is 11.1. The summed E-state index contributed by atoms with van der Waals surface area (Å²) in [6.07, 6.45) is 5.82. The molecule has 0 aromatic carbocycles. The summed E-state index contributed by atoms with van der Waals surface area (Å²) in [5.41, 5.74) is 0.914. The normalized spacial score (nSPS) is 12.3. The molecule has 0 bridgehead atoms. The highest BCUT2D eigenvalue weighted by atomic mass is 32.2. The van der Waals surface area contributed by atoms with Gasteiger partial charge < -0.3 is 0 Å². The summed E-state index contributed by atoms with van der Waals surface area (Å²) in [5, 5.41) is 11.3. The average molecular weight is 352 g/mol. The summed E-state index contributed by atoms with van der Waals surface area (Å²) in [6, 6.07) is 0.179. The van der Waals surface area contributed by atoms with Gasteiger partial charge in [0.1, 0.15) is 0 Å². The molecule has 2 aromatic rings. The molecule has 23 heavy (non-hydrogen) atoms. The second kappa shape index (κ2) is 8.90. The molecule has 7 nitrogen and oxygen atoms in total. The maximum atomic E-state index is 12.1. The molecule has 0 unspecified atom stereocenters. The minimum atomic E-state index is -0.0947. The van der Waals surface area contributed by atoms with Crippen molar-refractivity contribution in [3.63, 3.8) is 0 Å². The van der Waals surface area contributed by atoms with Gasteiger partial charge in [-0.3, -0.25) is 25.0 Å². The molecule has 0 spiro atoms. The topological polar surface area (TPSA) is 83.9 Å². The molecule has 0 saturated carbocycles. The SMILES string of the molecule is CCSc1nnc(NC(=O)CN(C)[C@@H](C)Cc2cnccn2)s1. The van der Waals surface area contributed by atoms with Crippen LogP contribution in [0.4, 0.5) is 5.13 Å². The molecule has 0 fully saturated rings. The molecule has 0 aliphatic heterocycles. The van der Waals surface area contributed by atoms with Gasteiger partial charge in [0.2, 0.25) is 11.0 Å². The summed E-state index contributed by atoms with van der Waals surface area (Å²) in [6.45, 7) is 4.40. The number of likely N-dealkylation sites (N-methyl/N-ethyl adjacent to an activating group) is 1. The molecule has 0 radical (unpaired) electrons. The minimum absolute atomic E-state index is 0.0947. The standard InChI is InChI=1S/C14H20N6OS2/c1-4-22-14-19-18-13(23-14)17-12(21)9-20(3)10(2)7-11-8-15-5-6-16-11/h5-6,8,10H,4,7,9H2,1-3H3,(H,17,18,21)/t10-/m0/s1. The summed E-state index contributed by atoms with van der Waals surface area (Å²) < 4.78 is 0.868. The molecule has 1 N–H and O–H groups in total. The second-order valence-corrected chi connectivity index (χ2v) is 7.51. The first-order valence-corrected chi connectivity index (χ1v) is 9.10. The van der Waals surface area contributed by atoms with Crippen LogP contribution in [0.2, 0.25) is 0 Å². The molecule has 0 saturated heterocycles. The van der Waals surface area contributed by atoms with E-state index in [1.165, 1.54) is 11.3 Å². The Kier molecular flexibility index (Phi) is 6.87. The van der Waals surface area contributed by atoms with Gasteiger partial charge in [-0.1, -0.05) is 30.0 Å². The van der Waals surface area contributed by atoms with Crippen LogP contribution in [0, 0.1) is 0 Å². The summed E-state index contributed by atoms with van der Waals surface area (Å²) >= 11 is 3.01. The molecular formula is C14H20N6OS2. The number of carbonyl (C=O) groups is 1. The van der Waals surface area contributed by atoms with Crippen LogP contribution in [0.25, 0.3) is 0 Å². The van der Waals surface area contributed by atoms with Gasteiger partial charge in [0.15, 0.2) is 4.34 Å². The number of aromatic nitrogens is 4. The van der Waals surface area contributed by atoms with E-state index in [2.05, 4.69) is 39.3 Å². The number of thioether (sulfide) groups is 1. The van der Waals surface area contributed by atoms with Crippen LogP contribution in [-0.4, -0.2) is 56.4 Å². The van der Waals surface area contributed by atoms with Crippen molar-refractivity contribution in [2.24, 2.45) is 0 Å². The van der Waals surface area contributed by atoms with Gasteiger partial charge in [-0.15, -0.1) is 10.2 Å². The van der Waals surface area contributed by atoms with Gasteiger partial charge in [0.25, 0.3) is 0 Å². The van der Waals surface area contributed by atoms with Crippen molar-refractivity contribution in [3.8, 4) is 0 Å². The highest BCUT2D eigenvalue weighted by molar-refractivity contribution is 8.01. The van der Waals surface area contributed by atoms with Crippen molar-refractivity contribution < 1.29 is 4.79 Å². The fraction of sp³-hybridized carbons (Fsp3) is 0.500. The van der Waals surface area contributed by atoms with Crippen molar-refractivity contribution in [3.05, 3.63) is 24.3 Å². The number of carbonyl (C=O) groups excluding carboxylic acids is 1. The van der Waals surface area contributed by atoms with Gasteiger partial charge >= 0.3 is 0 Å². The van der Waals surface area contributed by atoms with E-state index < -0.39 is 0 Å². The maximum Gasteiger partial charge on any atom is 0.240 e. The predicted octanol–water partition coefficient (Wildman–Crippen LogP) is 1.94. The van der Waals surface area contributed by atoms with Crippen molar-refractivity contribution in [1.82, 2.24) is 25.1 Å². The largest absolute Gasteiger partial charge is 0.299 e. The molecule has 9 heteroatoms. The summed E-state index contributed by atoms with van der Waals surface area (Å²) in [7, 11) is 1.92. The number of nitrogens with zero attached hydrogens (tertiary/aromatic N) is 5. The predicted molar refractivity (Wildman–Crippen MR) is 92.8 cm³/mol. The maximum absolute atomic E-state index is 12.1. The fourth-order valence-corrected chi connectivity index (χ4v) is 3.54. The minimum Gasteiger partial charge on any atom is -0.299 e. The van der Waals surface area contributed by atoms with E-state index in [0.717, 1.165) is 22.2 Å². The number of hydrogen-bond donors (Lipinski definition) is 1. The van der Waals surface area contributed by atoms with Gasteiger partial charge in [-0.25, -0.2) is 0 Å². The Morgan fingerprint density at radius 3 is 2.96 bits per heavy atom. The highest BCUT2D eigenvalue weighted by Crippen LogP contribution is 2.24. The lowest BCUT2D eigenvalue weighted by Crippen LogP contribution is -2.37. The van der Waals surface area contributed by atoms with Crippen LogP contribution >= 0.6 is 23.1 Å². The summed E-state index contributed by atoms with van der Waals surface area (Å²) in [4.78, 5) is 22.4. The van der Waals surface area contributed by atoms with E-state index in [9.17, 15) is 4.79 Å². The third-order valence-electron chi connectivity index (χ3n) is 3.19. The van der Waals surface area contributed by atoms with E-state index in [1.807, 2.05) is 11.9 Å². The lowest BCUT2D eigenvalue weighted by atomic mass is 10.1. The molecular weight excluding hydrogens is 332 g/mol. The zero-order chi connectivity index (χ0) is 16.7. The lowest BCUT2D eigenvalue weighted by Gasteiger charge is -2.23. The third-order valence-corrected chi connectivity index (χ3v) is 5.04. The Hall–Kier alpha value is -1.58. The van der Waals surface area contributed by atoms with Crippen molar-refractivity contribution in [2.75, 3.05) is 24.7 Å². The van der Waals surface area contributed by atoms with Crippen LogP contribution in [-0.2, 0) is 11.2 Å². The van der Waals surface area contributed by atoms with E-state index in [4.69, 9.17) is 0 Å². The number of rotatable bonds is 8. The highest BCUT2D eigenvalue weighted by Gasteiger charge is 2.15. The van der Waals surface area contributed by atoms with Crippen LogP contribution in [0.5, 0.6) is 0 Å². The molecule has 1 amide bonds. The average Bonchev–Trinajstić information content (AvgIpc) is 2.95. The van der Waals surface area contributed by atoms with Crippen molar-refractivity contribution >= 4 is 34.1 Å². The van der Waals surface area contributed by atoms with Crippen LogP contribution in [0.15, 0.2) is 22.9 Å². The van der Waals surface area contributed by atoms with E-state index in [1.54, 1.807) is 30.4 Å². The zero-order valence-electron chi connectivity index (χ0n) is 13.4. The number of anilines is 1. The van der Waals surface area contributed by atoms with Gasteiger partial charge in [-0.05, 0) is 19.7 Å². The lowest BCUT2D eigenvalue weighted by molar-refractivity contribution is -0.117. The van der Waals surface area contributed by atoms with Crippen LogP contribution in [0.3, 0.4) is 0 Å². The Morgan fingerprint density at radius 1 is 1.43 bits per heavy atom.